The first kappa shape index (κ1) is 21.2. The Kier molecular flexibility index (Phi) is 5.72. The standard InChI is InChI=1S/C19H17F4N3O4/c1-26-14(9-24-18(26)28)17(27)25-13-8-15(12(20)7-16(13)29-2)30-11-5-3-10(4-6-11)19(21,22)23/h3-8,14H,9H2,1-2H3,(H,24,28)(H,25,27). The molecule has 3 amide bonds. The van der Waals surface area contributed by atoms with Crippen molar-refractivity contribution in [1.82, 2.24) is 10.2 Å². The van der Waals surface area contributed by atoms with Gasteiger partial charge in [0, 0.05) is 25.7 Å². The molecule has 0 saturated carbocycles. The Morgan fingerprint density at radius 2 is 1.87 bits per heavy atom. The maximum absolute atomic E-state index is 14.4. The van der Waals surface area contributed by atoms with E-state index in [1.807, 2.05) is 0 Å². The number of ether oxygens (including phenoxy) is 2. The number of benzene rings is 2. The Balaban J connectivity index is 1.82. The van der Waals surface area contributed by atoms with Crippen molar-refractivity contribution in [3.8, 4) is 17.2 Å². The van der Waals surface area contributed by atoms with Crippen LogP contribution in [0.5, 0.6) is 17.2 Å². The van der Waals surface area contributed by atoms with Gasteiger partial charge in [0.2, 0.25) is 5.91 Å². The minimum atomic E-state index is -4.51. The maximum atomic E-state index is 14.4. The van der Waals surface area contributed by atoms with E-state index in [2.05, 4.69) is 10.6 Å². The summed E-state index contributed by atoms with van der Waals surface area (Å²) in [6.45, 7) is 0.0968. The third kappa shape index (κ3) is 4.39. The number of nitrogens with one attached hydrogen (secondary N) is 2. The second-order valence-corrected chi connectivity index (χ2v) is 6.41. The van der Waals surface area contributed by atoms with Gasteiger partial charge in [-0.15, -0.1) is 0 Å². The lowest BCUT2D eigenvalue weighted by atomic mass is 10.2. The third-order valence-corrected chi connectivity index (χ3v) is 4.46. The van der Waals surface area contributed by atoms with Gasteiger partial charge >= 0.3 is 12.2 Å². The molecule has 1 unspecified atom stereocenters. The zero-order valence-electron chi connectivity index (χ0n) is 15.8. The van der Waals surface area contributed by atoms with Crippen LogP contribution in [0.15, 0.2) is 36.4 Å². The molecular weight excluding hydrogens is 410 g/mol. The van der Waals surface area contributed by atoms with Crippen LogP contribution in [0, 0.1) is 5.82 Å². The topological polar surface area (TPSA) is 79.9 Å². The third-order valence-electron chi connectivity index (χ3n) is 4.46. The van der Waals surface area contributed by atoms with Crippen LogP contribution < -0.4 is 20.1 Å². The number of hydrogen-bond donors (Lipinski definition) is 2. The van der Waals surface area contributed by atoms with E-state index < -0.39 is 35.5 Å². The van der Waals surface area contributed by atoms with Gasteiger partial charge in [0.25, 0.3) is 0 Å². The molecule has 0 radical (unpaired) electrons. The van der Waals surface area contributed by atoms with Crippen LogP contribution >= 0.6 is 0 Å². The molecule has 30 heavy (non-hydrogen) atoms. The summed E-state index contributed by atoms with van der Waals surface area (Å²) in [4.78, 5) is 25.2. The van der Waals surface area contributed by atoms with Gasteiger partial charge in [-0.2, -0.15) is 13.2 Å². The lowest BCUT2D eigenvalue weighted by Gasteiger charge is -2.19. The highest BCUT2D eigenvalue weighted by molar-refractivity contribution is 5.99. The largest absolute Gasteiger partial charge is 0.494 e. The van der Waals surface area contributed by atoms with E-state index in [0.717, 1.165) is 36.4 Å². The van der Waals surface area contributed by atoms with E-state index in [4.69, 9.17) is 9.47 Å². The number of carbonyl (C=O) groups is 2. The van der Waals surface area contributed by atoms with Gasteiger partial charge in [0.1, 0.15) is 17.5 Å². The highest BCUT2D eigenvalue weighted by Crippen LogP contribution is 2.36. The summed E-state index contributed by atoms with van der Waals surface area (Å²) in [5.41, 5.74) is -0.805. The number of nitrogens with zero attached hydrogens (tertiary/aromatic N) is 1. The average Bonchev–Trinajstić information content (AvgIpc) is 3.02. The van der Waals surface area contributed by atoms with Crippen LogP contribution in [0.25, 0.3) is 0 Å². The molecule has 160 valence electrons. The van der Waals surface area contributed by atoms with Gasteiger partial charge < -0.3 is 25.0 Å². The van der Waals surface area contributed by atoms with Gasteiger partial charge in [0.15, 0.2) is 11.6 Å². The van der Waals surface area contributed by atoms with Crippen molar-refractivity contribution in [1.29, 1.82) is 0 Å². The molecule has 0 aliphatic carbocycles. The summed E-state index contributed by atoms with van der Waals surface area (Å²) in [7, 11) is 2.72. The molecule has 0 aromatic heterocycles. The van der Waals surface area contributed by atoms with Gasteiger partial charge in [-0.05, 0) is 24.3 Å². The smallest absolute Gasteiger partial charge is 0.416 e. The Morgan fingerprint density at radius 1 is 1.20 bits per heavy atom. The fourth-order valence-corrected chi connectivity index (χ4v) is 2.79. The number of hydrogen-bond acceptors (Lipinski definition) is 4. The molecule has 1 fully saturated rings. The zero-order valence-corrected chi connectivity index (χ0v) is 15.8. The monoisotopic (exact) mass is 427 g/mol. The minimum absolute atomic E-state index is 0.000514. The lowest BCUT2D eigenvalue weighted by molar-refractivity contribution is -0.137. The Morgan fingerprint density at radius 3 is 2.40 bits per heavy atom. The highest BCUT2D eigenvalue weighted by Gasteiger charge is 2.33. The number of anilines is 1. The highest BCUT2D eigenvalue weighted by atomic mass is 19.4. The first-order chi connectivity index (χ1) is 14.1. The summed E-state index contributed by atoms with van der Waals surface area (Å²) in [6, 6.07) is 4.63. The quantitative estimate of drug-likeness (QED) is 0.715. The maximum Gasteiger partial charge on any atom is 0.416 e. The van der Waals surface area contributed by atoms with E-state index >= 15 is 0 Å². The molecule has 2 aromatic carbocycles. The van der Waals surface area contributed by atoms with Crippen LogP contribution in [0.4, 0.5) is 28.0 Å². The van der Waals surface area contributed by atoms with Crippen LogP contribution in [0.2, 0.25) is 0 Å². The SMILES string of the molecule is COc1cc(F)c(Oc2ccc(C(F)(F)F)cc2)cc1NC(=O)C1CNC(=O)N1C. The van der Waals surface area contributed by atoms with Crippen LogP contribution in [0.1, 0.15) is 5.56 Å². The minimum Gasteiger partial charge on any atom is -0.494 e. The first-order valence-electron chi connectivity index (χ1n) is 8.64. The molecule has 2 aromatic rings. The molecule has 7 nitrogen and oxygen atoms in total. The molecule has 11 heteroatoms. The predicted octanol–water partition coefficient (Wildman–Crippen LogP) is 3.61. The number of carbonyl (C=O) groups excluding carboxylic acids is 2. The van der Waals surface area contributed by atoms with Gasteiger partial charge in [-0.3, -0.25) is 4.79 Å². The normalized spacial score (nSPS) is 16.3. The van der Waals surface area contributed by atoms with Crippen molar-refractivity contribution in [2.45, 2.75) is 12.2 Å². The van der Waals surface area contributed by atoms with Crippen LogP contribution in [0.3, 0.4) is 0 Å². The van der Waals surface area contributed by atoms with Crippen molar-refractivity contribution in [3.63, 3.8) is 0 Å². The molecule has 0 spiro atoms. The van der Waals surface area contributed by atoms with E-state index in [9.17, 15) is 27.2 Å². The molecular formula is C19H17F4N3O4. The van der Waals surface area contributed by atoms with Gasteiger partial charge in [-0.25, -0.2) is 9.18 Å². The molecule has 1 heterocycles. The van der Waals surface area contributed by atoms with Crippen LogP contribution in [-0.2, 0) is 11.0 Å². The molecule has 3 rings (SSSR count). The Bertz CT molecular complexity index is 963. The van der Waals surface area contributed by atoms with E-state index in [1.165, 1.54) is 19.1 Å². The summed E-state index contributed by atoms with van der Waals surface area (Å²) >= 11 is 0. The number of alkyl halides is 3. The van der Waals surface area contributed by atoms with Crippen molar-refractivity contribution >= 4 is 17.6 Å². The molecule has 1 aliphatic rings. The molecule has 2 N–H and O–H groups in total. The van der Waals surface area contributed by atoms with Gasteiger partial charge in [-0.1, -0.05) is 0 Å². The van der Waals surface area contributed by atoms with E-state index in [-0.39, 0.29) is 29.5 Å². The van der Waals surface area contributed by atoms with Crippen molar-refractivity contribution in [3.05, 3.63) is 47.8 Å². The molecule has 1 saturated heterocycles. The summed E-state index contributed by atoms with van der Waals surface area (Å²) < 4.78 is 62.8. The zero-order chi connectivity index (χ0) is 22.1. The number of likely N-dealkylation sites (N-methyl/N-ethyl adjacent to an activating group) is 1. The summed E-state index contributed by atoms with van der Waals surface area (Å²) in [5, 5.41) is 5.06. The van der Waals surface area contributed by atoms with Crippen molar-refractivity contribution < 1.29 is 36.6 Å². The second-order valence-electron chi connectivity index (χ2n) is 6.41. The molecule has 0 bridgehead atoms. The van der Waals surface area contributed by atoms with E-state index in [0.29, 0.717) is 0 Å². The number of rotatable bonds is 5. The van der Waals surface area contributed by atoms with Gasteiger partial charge in [0.05, 0.1) is 18.4 Å². The molecule has 1 atom stereocenters. The van der Waals surface area contributed by atoms with Crippen LogP contribution in [-0.4, -0.2) is 43.6 Å². The fourth-order valence-electron chi connectivity index (χ4n) is 2.79. The van der Waals surface area contributed by atoms with E-state index in [1.54, 1.807) is 0 Å². The molecule has 1 aliphatic heterocycles. The van der Waals surface area contributed by atoms with Crippen molar-refractivity contribution in [2.24, 2.45) is 0 Å². The number of urea groups is 1. The fraction of sp³-hybridized carbons (Fsp3) is 0.263. The Hall–Kier alpha value is -3.50. The average molecular weight is 427 g/mol. The predicted molar refractivity (Wildman–Crippen MR) is 98.0 cm³/mol. The number of methoxy groups -OCH3 is 1. The second kappa shape index (κ2) is 8.09. The number of amides is 3. The van der Waals surface area contributed by atoms with Crippen molar-refractivity contribution in [2.75, 3.05) is 26.0 Å². The summed E-state index contributed by atoms with van der Waals surface area (Å²) in [6.07, 6.45) is -4.51. The number of halogens is 4. The Labute approximate surface area is 168 Å². The lowest BCUT2D eigenvalue weighted by Crippen LogP contribution is -2.40. The first-order valence-corrected chi connectivity index (χ1v) is 8.64. The summed E-state index contributed by atoms with van der Waals surface area (Å²) in [5.74, 6) is -1.75.